The maximum absolute atomic E-state index is 12.6. The van der Waals surface area contributed by atoms with Gasteiger partial charge in [-0.05, 0) is 61.6 Å². The van der Waals surface area contributed by atoms with Crippen molar-refractivity contribution in [1.29, 1.82) is 0 Å². The first kappa shape index (κ1) is 20.5. The number of benzene rings is 2. The quantitative estimate of drug-likeness (QED) is 0.746. The average Bonchev–Trinajstić information content (AvgIpc) is 2.67. The molecule has 1 unspecified atom stereocenters. The van der Waals surface area contributed by atoms with E-state index in [4.69, 9.17) is 5.14 Å². The molecule has 2 aromatic carbocycles. The van der Waals surface area contributed by atoms with Gasteiger partial charge < -0.3 is 5.32 Å². The molecule has 1 atom stereocenters. The van der Waals surface area contributed by atoms with E-state index >= 15 is 0 Å². The molecule has 0 saturated heterocycles. The van der Waals surface area contributed by atoms with Crippen LogP contribution >= 0.6 is 0 Å². The number of nitrogens with two attached hydrogens (primary N) is 1. The Morgan fingerprint density at radius 2 is 1.93 bits per heavy atom. The zero-order valence-corrected chi connectivity index (χ0v) is 16.9. The smallest absolute Gasteiger partial charge is 0.238 e. The molecule has 6 nitrogen and oxygen atoms in total. The Morgan fingerprint density at radius 3 is 2.64 bits per heavy atom. The fourth-order valence-corrected chi connectivity index (χ4v) is 4.36. The molecule has 7 heteroatoms. The van der Waals surface area contributed by atoms with Crippen molar-refractivity contribution >= 4 is 21.6 Å². The second-order valence-electron chi connectivity index (χ2n) is 7.26. The largest absolute Gasteiger partial charge is 0.325 e. The summed E-state index contributed by atoms with van der Waals surface area (Å²) in [5.41, 5.74) is 3.20. The van der Waals surface area contributed by atoms with Crippen LogP contribution in [-0.4, -0.2) is 38.4 Å². The number of fused-ring (bicyclic) bond motifs is 1. The van der Waals surface area contributed by atoms with Gasteiger partial charge in [-0.1, -0.05) is 37.3 Å². The molecule has 1 aliphatic carbocycles. The highest BCUT2D eigenvalue weighted by Crippen LogP contribution is 2.24. The standard InChI is InChI=1S/C21H27N3O3S/c1-2-12-24(19-11-10-16-6-3-4-7-17(16)13-19)15-21(25)23-18-8-5-9-20(14-18)28(22,26)27/h3-9,14,19H,2,10-13,15H2,1H3,(H,23,25)(H2,22,26,27). The van der Waals surface area contributed by atoms with E-state index in [1.54, 1.807) is 12.1 Å². The molecule has 150 valence electrons. The second kappa shape index (κ2) is 8.86. The van der Waals surface area contributed by atoms with Crippen molar-refractivity contribution in [3.05, 3.63) is 59.7 Å². The van der Waals surface area contributed by atoms with E-state index in [-0.39, 0.29) is 17.3 Å². The number of aryl methyl sites for hydroxylation is 1. The number of nitrogens with one attached hydrogen (secondary N) is 1. The van der Waals surface area contributed by atoms with Crippen molar-refractivity contribution in [2.24, 2.45) is 5.14 Å². The van der Waals surface area contributed by atoms with E-state index in [0.717, 1.165) is 32.2 Å². The number of carbonyl (C=O) groups is 1. The normalized spacial score (nSPS) is 16.6. The summed E-state index contributed by atoms with van der Waals surface area (Å²) >= 11 is 0. The lowest BCUT2D eigenvalue weighted by molar-refractivity contribution is -0.118. The van der Waals surface area contributed by atoms with Crippen LogP contribution in [0.5, 0.6) is 0 Å². The fraction of sp³-hybridized carbons (Fsp3) is 0.381. The predicted molar refractivity (Wildman–Crippen MR) is 111 cm³/mol. The topological polar surface area (TPSA) is 92.5 Å². The molecule has 3 rings (SSSR count). The molecule has 0 saturated carbocycles. The zero-order valence-electron chi connectivity index (χ0n) is 16.1. The molecular weight excluding hydrogens is 374 g/mol. The van der Waals surface area contributed by atoms with Gasteiger partial charge in [-0.15, -0.1) is 0 Å². The van der Waals surface area contributed by atoms with Crippen molar-refractivity contribution in [2.75, 3.05) is 18.4 Å². The number of hydrogen-bond acceptors (Lipinski definition) is 4. The SMILES string of the molecule is CCCN(CC(=O)Nc1cccc(S(N)(=O)=O)c1)C1CCc2ccccc2C1. The molecule has 0 heterocycles. The van der Waals surface area contributed by atoms with Gasteiger partial charge in [0.15, 0.2) is 0 Å². The van der Waals surface area contributed by atoms with Crippen LogP contribution in [0.1, 0.15) is 30.9 Å². The number of rotatable bonds is 7. The van der Waals surface area contributed by atoms with Crippen LogP contribution in [0.2, 0.25) is 0 Å². The Labute approximate surface area is 166 Å². The van der Waals surface area contributed by atoms with Crippen LogP contribution in [0.25, 0.3) is 0 Å². The number of carbonyl (C=O) groups excluding carboxylic acids is 1. The summed E-state index contributed by atoms with van der Waals surface area (Å²) in [6.07, 6.45) is 3.97. The van der Waals surface area contributed by atoms with Gasteiger partial charge in [0.25, 0.3) is 0 Å². The Kier molecular flexibility index (Phi) is 6.49. The summed E-state index contributed by atoms with van der Waals surface area (Å²) in [6, 6.07) is 14.8. The lowest BCUT2D eigenvalue weighted by Crippen LogP contribution is -2.44. The van der Waals surface area contributed by atoms with E-state index < -0.39 is 10.0 Å². The lowest BCUT2D eigenvalue weighted by atomic mass is 9.87. The van der Waals surface area contributed by atoms with Crippen molar-refractivity contribution in [3.63, 3.8) is 0 Å². The minimum Gasteiger partial charge on any atom is -0.325 e. The highest BCUT2D eigenvalue weighted by molar-refractivity contribution is 7.89. The predicted octanol–water partition coefficient (Wildman–Crippen LogP) is 2.54. The summed E-state index contributed by atoms with van der Waals surface area (Å²) in [6.45, 7) is 3.23. The molecule has 3 N–H and O–H groups in total. The maximum Gasteiger partial charge on any atom is 0.238 e. The molecule has 0 aliphatic heterocycles. The van der Waals surface area contributed by atoms with Crippen molar-refractivity contribution in [2.45, 2.75) is 43.5 Å². The van der Waals surface area contributed by atoms with E-state index in [1.165, 1.54) is 23.3 Å². The van der Waals surface area contributed by atoms with Gasteiger partial charge in [0.05, 0.1) is 11.4 Å². The molecule has 2 aromatic rings. The van der Waals surface area contributed by atoms with Gasteiger partial charge in [-0.2, -0.15) is 0 Å². The minimum atomic E-state index is -3.80. The average molecular weight is 402 g/mol. The molecule has 1 aliphatic rings. The van der Waals surface area contributed by atoms with Crippen molar-refractivity contribution in [1.82, 2.24) is 4.90 Å². The zero-order chi connectivity index (χ0) is 20.1. The number of primary sulfonamides is 1. The first-order valence-corrected chi connectivity index (χ1v) is 11.1. The summed E-state index contributed by atoms with van der Waals surface area (Å²) in [4.78, 5) is 14.8. The van der Waals surface area contributed by atoms with Crippen LogP contribution < -0.4 is 10.5 Å². The number of hydrogen-bond donors (Lipinski definition) is 2. The molecule has 0 bridgehead atoms. The number of sulfonamides is 1. The summed E-state index contributed by atoms with van der Waals surface area (Å²) in [5, 5.41) is 7.97. The van der Waals surface area contributed by atoms with Gasteiger partial charge in [0.2, 0.25) is 15.9 Å². The van der Waals surface area contributed by atoms with Crippen LogP contribution in [0.3, 0.4) is 0 Å². The maximum atomic E-state index is 12.6. The summed E-state index contributed by atoms with van der Waals surface area (Å²) in [7, 11) is -3.80. The van der Waals surface area contributed by atoms with Crippen molar-refractivity contribution < 1.29 is 13.2 Å². The van der Waals surface area contributed by atoms with Crippen LogP contribution in [0, 0.1) is 0 Å². The molecular formula is C21H27N3O3S. The minimum absolute atomic E-state index is 0.0143. The highest BCUT2D eigenvalue weighted by atomic mass is 32.2. The molecule has 1 amide bonds. The Balaban J connectivity index is 1.67. The number of amides is 1. The van der Waals surface area contributed by atoms with Gasteiger partial charge in [0, 0.05) is 11.7 Å². The molecule has 0 fully saturated rings. The Morgan fingerprint density at radius 1 is 1.18 bits per heavy atom. The number of nitrogens with zero attached hydrogens (tertiary/aromatic N) is 1. The van der Waals surface area contributed by atoms with Crippen molar-refractivity contribution in [3.8, 4) is 0 Å². The number of anilines is 1. The Bertz CT molecular complexity index is 943. The molecule has 0 aromatic heterocycles. The van der Waals surface area contributed by atoms with E-state index in [2.05, 4.69) is 41.4 Å². The summed E-state index contributed by atoms with van der Waals surface area (Å²) < 4.78 is 23.0. The lowest BCUT2D eigenvalue weighted by Gasteiger charge is -2.34. The van der Waals surface area contributed by atoms with Gasteiger partial charge >= 0.3 is 0 Å². The molecule has 28 heavy (non-hydrogen) atoms. The van der Waals surface area contributed by atoms with E-state index in [0.29, 0.717) is 11.7 Å². The third kappa shape index (κ3) is 5.19. The third-order valence-electron chi connectivity index (χ3n) is 5.14. The van der Waals surface area contributed by atoms with Gasteiger partial charge in [-0.25, -0.2) is 13.6 Å². The third-order valence-corrected chi connectivity index (χ3v) is 6.05. The fourth-order valence-electron chi connectivity index (χ4n) is 3.80. The first-order chi connectivity index (χ1) is 13.4. The van der Waals surface area contributed by atoms with Crippen LogP contribution in [0.4, 0.5) is 5.69 Å². The Hall–Kier alpha value is -2.22. The van der Waals surface area contributed by atoms with Crippen LogP contribution in [0.15, 0.2) is 53.4 Å². The first-order valence-electron chi connectivity index (χ1n) is 9.60. The molecule has 0 spiro atoms. The van der Waals surface area contributed by atoms with Gasteiger partial charge in [0.1, 0.15) is 0 Å². The molecule has 0 radical (unpaired) electrons. The van der Waals surface area contributed by atoms with Gasteiger partial charge in [-0.3, -0.25) is 9.69 Å². The second-order valence-corrected chi connectivity index (χ2v) is 8.82. The highest BCUT2D eigenvalue weighted by Gasteiger charge is 2.25. The van der Waals surface area contributed by atoms with E-state index in [1.807, 2.05) is 0 Å². The van der Waals surface area contributed by atoms with Crippen LogP contribution in [-0.2, 0) is 27.7 Å². The van der Waals surface area contributed by atoms with E-state index in [9.17, 15) is 13.2 Å². The summed E-state index contributed by atoms with van der Waals surface area (Å²) in [5.74, 6) is -0.154. The monoisotopic (exact) mass is 401 g/mol.